The lowest BCUT2D eigenvalue weighted by Crippen LogP contribution is -2.40. The van der Waals surface area contributed by atoms with Crippen LogP contribution >= 0.6 is 15.9 Å². The van der Waals surface area contributed by atoms with Crippen LogP contribution in [0.3, 0.4) is 0 Å². The van der Waals surface area contributed by atoms with Crippen LogP contribution in [-0.4, -0.2) is 21.4 Å². The fraction of sp³-hybridized carbons (Fsp3) is 0.471. The molecule has 0 radical (unpaired) electrons. The molecule has 0 amide bonds. The van der Waals surface area contributed by atoms with Crippen molar-refractivity contribution in [2.45, 2.75) is 45.5 Å². The third kappa shape index (κ3) is 5.07. The number of carbonyl (C=O) groups is 1. The number of hydrogen-bond acceptors (Lipinski definition) is 3. The van der Waals surface area contributed by atoms with E-state index in [1.807, 2.05) is 24.3 Å². The second-order valence-electron chi connectivity index (χ2n) is 6.73. The van der Waals surface area contributed by atoms with Gasteiger partial charge in [-0.3, -0.25) is 0 Å². The number of methoxy groups -OCH3 is 1. The molecule has 5 heteroatoms. The van der Waals surface area contributed by atoms with Crippen molar-refractivity contribution in [3.63, 3.8) is 0 Å². The summed E-state index contributed by atoms with van der Waals surface area (Å²) in [6, 6.07) is 7.91. The highest BCUT2D eigenvalue weighted by atomic mass is 79.9. The molecule has 0 aliphatic rings. The average Bonchev–Trinajstić information content (AvgIpc) is 2.44. The minimum Gasteiger partial charge on any atom is -0.465 e. The van der Waals surface area contributed by atoms with Gasteiger partial charge in [0.15, 0.2) is 8.32 Å². The Kier molecular flexibility index (Phi) is 6.59. The molecule has 0 N–H and O–H groups in total. The predicted octanol–water partition coefficient (Wildman–Crippen LogP) is 5.12. The highest BCUT2D eigenvalue weighted by Crippen LogP contribution is 2.37. The minimum atomic E-state index is -1.80. The van der Waals surface area contributed by atoms with Gasteiger partial charge in [0.25, 0.3) is 0 Å². The number of benzene rings is 1. The van der Waals surface area contributed by atoms with Gasteiger partial charge >= 0.3 is 5.97 Å². The van der Waals surface area contributed by atoms with Crippen LogP contribution in [0, 0.1) is 0 Å². The molecule has 122 valence electrons. The first-order valence-electron chi connectivity index (χ1n) is 7.26. The normalized spacial score (nSPS) is 13.1. The van der Waals surface area contributed by atoms with Gasteiger partial charge in [0.1, 0.15) is 4.48 Å². The van der Waals surface area contributed by atoms with Crippen molar-refractivity contribution in [3.05, 3.63) is 39.9 Å². The molecular formula is C17H25BrO3Si. The molecule has 0 atom stereocenters. The lowest BCUT2D eigenvalue weighted by Gasteiger charge is -2.36. The molecule has 1 rings (SSSR count). The standard InChI is InChI=1S/C17H25BrO3Si/c1-17(2,3)22(5,6)21-12-14-10-8-7-9-13(14)11-15(18)16(19)20-4/h7-11H,12H2,1-6H3/b15-11+. The Morgan fingerprint density at radius 1 is 1.27 bits per heavy atom. The van der Waals surface area contributed by atoms with Crippen molar-refractivity contribution in [2.75, 3.05) is 7.11 Å². The Bertz CT molecular complexity index is 559. The molecular weight excluding hydrogens is 360 g/mol. The topological polar surface area (TPSA) is 35.5 Å². The van der Waals surface area contributed by atoms with Crippen molar-refractivity contribution >= 4 is 36.3 Å². The molecule has 0 aliphatic carbocycles. The smallest absolute Gasteiger partial charge is 0.344 e. The highest BCUT2D eigenvalue weighted by molar-refractivity contribution is 9.12. The maximum Gasteiger partial charge on any atom is 0.344 e. The van der Waals surface area contributed by atoms with Crippen molar-refractivity contribution in [1.82, 2.24) is 0 Å². The number of carbonyl (C=O) groups excluding carboxylic acids is 1. The van der Waals surface area contributed by atoms with Gasteiger partial charge in [0, 0.05) is 0 Å². The second kappa shape index (κ2) is 7.57. The SMILES string of the molecule is COC(=O)/C(Br)=C\c1ccccc1CO[Si](C)(C)C(C)(C)C. The van der Waals surface area contributed by atoms with Crippen LogP contribution in [0.25, 0.3) is 6.08 Å². The Hall–Kier alpha value is -0.913. The van der Waals surface area contributed by atoms with Crippen LogP contribution in [0.5, 0.6) is 0 Å². The van der Waals surface area contributed by atoms with Crippen LogP contribution in [0.1, 0.15) is 31.9 Å². The first-order valence-corrected chi connectivity index (χ1v) is 11.0. The first-order chi connectivity index (χ1) is 10.1. The van der Waals surface area contributed by atoms with E-state index in [-0.39, 0.29) is 11.0 Å². The summed E-state index contributed by atoms with van der Waals surface area (Å²) in [5.41, 5.74) is 2.02. The van der Waals surface area contributed by atoms with Crippen molar-refractivity contribution in [3.8, 4) is 0 Å². The zero-order valence-corrected chi connectivity index (χ0v) is 16.8. The van der Waals surface area contributed by atoms with Gasteiger partial charge < -0.3 is 9.16 Å². The van der Waals surface area contributed by atoms with E-state index in [0.29, 0.717) is 11.1 Å². The van der Waals surface area contributed by atoms with Gasteiger partial charge in [-0.1, -0.05) is 45.0 Å². The lowest BCUT2D eigenvalue weighted by atomic mass is 10.1. The summed E-state index contributed by atoms with van der Waals surface area (Å²) in [4.78, 5) is 11.5. The van der Waals surface area contributed by atoms with Crippen molar-refractivity contribution in [2.24, 2.45) is 0 Å². The maximum absolute atomic E-state index is 11.5. The summed E-state index contributed by atoms with van der Waals surface area (Å²) in [7, 11) is -0.438. The highest BCUT2D eigenvalue weighted by Gasteiger charge is 2.37. The molecule has 22 heavy (non-hydrogen) atoms. The summed E-state index contributed by atoms with van der Waals surface area (Å²) in [5.74, 6) is -0.389. The van der Waals surface area contributed by atoms with Crippen LogP contribution in [0.15, 0.2) is 28.7 Å². The Labute approximate surface area is 143 Å². The third-order valence-electron chi connectivity index (χ3n) is 4.11. The number of esters is 1. The Balaban J connectivity index is 2.97. The number of rotatable bonds is 5. The molecule has 0 unspecified atom stereocenters. The molecule has 1 aromatic carbocycles. The molecule has 0 saturated carbocycles. The monoisotopic (exact) mass is 384 g/mol. The zero-order valence-electron chi connectivity index (χ0n) is 14.2. The molecule has 0 bridgehead atoms. The summed E-state index contributed by atoms with van der Waals surface area (Å²) in [5, 5.41) is 0.171. The van der Waals surface area contributed by atoms with E-state index in [0.717, 1.165) is 11.1 Å². The number of ether oxygens (including phenoxy) is 1. The molecule has 0 fully saturated rings. The van der Waals surface area contributed by atoms with Gasteiger partial charge in [0.2, 0.25) is 0 Å². The van der Waals surface area contributed by atoms with E-state index in [1.165, 1.54) is 7.11 Å². The molecule has 0 saturated heterocycles. The summed E-state index contributed by atoms with van der Waals surface area (Å²) in [6.45, 7) is 11.7. The van der Waals surface area contributed by atoms with E-state index in [4.69, 9.17) is 9.16 Å². The molecule has 0 aromatic heterocycles. The third-order valence-corrected chi connectivity index (χ3v) is 9.14. The Morgan fingerprint density at radius 3 is 2.41 bits per heavy atom. The van der Waals surface area contributed by atoms with E-state index in [9.17, 15) is 4.79 Å². The largest absolute Gasteiger partial charge is 0.465 e. The zero-order chi connectivity index (χ0) is 17.0. The van der Waals surface area contributed by atoms with Crippen LogP contribution in [0.4, 0.5) is 0 Å². The summed E-state index contributed by atoms with van der Waals surface area (Å²) in [6.07, 6.45) is 1.77. The molecule has 0 aliphatic heterocycles. The van der Waals surface area contributed by atoms with Crippen LogP contribution < -0.4 is 0 Å². The number of halogens is 1. The van der Waals surface area contributed by atoms with Crippen LogP contribution in [-0.2, 0) is 20.6 Å². The molecule has 1 aromatic rings. The van der Waals surface area contributed by atoms with E-state index in [1.54, 1.807) is 6.08 Å². The Morgan fingerprint density at radius 2 is 1.86 bits per heavy atom. The van der Waals surface area contributed by atoms with Gasteiger partial charge in [-0.15, -0.1) is 0 Å². The van der Waals surface area contributed by atoms with Crippen molar-refractivity contribution in [1.29, 1.82) is 0 Å². The average molecular weight is 385 g/mol. The summed E-state index contributed by atoms with van der Waals surface area (Å²) < 4.78 is 11.4. The van der Waals surface area contributed by atoms with Gasteiger partial charge in [-0.05, 0) is 51.3 Å². The molecule has 0 heterocycles. The quantitative estimate of drug-likeness (QED) is 0.401. The van der Waals surface area contributed by atoms with E-state index in [2.05, 4.69) is 49.8 Å². The van der Waals surface area contributed by atoms with Crippen molar-refractivity contribution < 1.29 is 14.0 Å². The fourth-order valence-corrected chi connectivity index (χ4v) is 2.93. The minimum absolute atomic E-state index is 0.171. The van der Waals surface area contributed by atoms with Gasteiger partial charge in [-0.25, -0.2) is 4.79 Å². The summed E-state index contributed by atoms with van der Waals surface area (Å²) >= 11 is 3.25. The van der Waals surface area contributed by atoms with Gasteiger partial charge in [0.05, 0.1) is 13.7 Å². The molecule has 0 spiro atoms. The second-order valence-corrected chi connectivity index (χ2v) is 12.4. The fourth-order valence-electron chi connectivity index (χ4n) is 1.57. The van der Waals surface area contributed by atoms with E-state index >= 15 is 0 Å². The van der Waals surface area contributed by atoms with E-state index < -0.39 is 8.32 Å². The lowest BCUT2D eigenvalue weighted by molar-refractivity contribution is -0.135. The van der Waals surface area contributed by atoms with Gasteiger partial charge in [-0.2, -0.15) is 0 Å². The maximum atomic E-state index is 11.5. The first kappa shape index (κ1) is 19.1. The number of hydrogen-bond donors (Lipinski definition) is 0. The van der Waals surface area contributed by atoms with Crippen LogP contribution in [0.2, 0.25) is 18.1 Å². The molecule has 3 nitrogen and oxygen atoms in total. The predicted molar refractivity (Wildman–Crippen MR) is 97.3 cm³/mol.